The van der Waals surface area contributed by atoms with Crippen LogP contribution in [-0.4, -0.2) is 16.3 Å². The minimum absolute atomic E-state index is 0.00620. The van der Waals surface area contributed by atoms with Gasteiger partial charge in [0.25, 0.3) is 0 Å². The Kier molecular flexibility index (Phi) is 4.13. The molecule has 1 aromatic heterocycles. The fourth-order valence-electron chi connectivity index (χ4n) is 1.77. The normalized spacial score (nSPS) is 10.2. The Morgan fingerprint density at radius 2 is 1.84 bits per heavy atom. The van der Waals surface area contributed by atoms with Crippen molar-refractivity contribution in [3.05, 3.63) is 59.9 Å². The Bertz CT molecular complexity index is 572. The minimum atomic E-state index is -0.421. The summed E-state index contributed by atoms with van der Waals surface area (Å²) in [5, 5.41) is 0. The maximum Gasteiger partial charge on any atom is 0.355 e. The number of hydrogen-bond donors (Lipinski definition) is 0. The van der Waals surface area contributed by atoms with Crippen molar-refractivity contribution in [2.75, 3.05) is 0 Å². The number of benzene rings is 1. The van der Waals surface area contributed by atoms with E-state index < -0.39 is 5.97 Å². The topological polar surface area (TPSA) is 48.3 Å². The number of carbonyl (C=O) groups is 2. The summed E-state index contributed by atoms with van der Waals surface area (Å²) >= 11 is 0. The molecule has 0 saturated carbocycles. The van der Waals surface area contributed by atoms with E-state index in [-0.39, 0.29) is 18.9 Å². The van der Waals surface area contributed by atoms with E-state index in [1.165, 1.54) is 6.92 Å². The summed E-state index contributed by atoms with van der Waals surface area (Å²) in [7, 11) is 0. The Labute approximate surface area is 111 Å². The van der Waals surface area contributed by atoms with E-state index in [0.717, 1.165) is 5.56 Å². The molecular weight excluding hydrogens is 242 g/mol. The predicted octanol–water partition coefficient (Wildman–Crippen LogP) is 2.43. The summed E-state index contributed by atoms with van der Waals surface area (Å²) in [4.78, 5) is 23.0. The number of esters is 1. The van der Waals surface area contributed by atoms with Crippen molar-refractivity contribution in [1.29, 1.82) is 0 Å². The molecule has 4 heteroatoms. The summed E-state index contributed by atoms with van der Waals surface area (Å²) in [6.45, 7) is 1.90. The highest BCUT2D eigenvalue weighted by molar-refractivity contribution is 5.88. The minimum Gasteiger partial charge on any atom is -0.456 e. The highest BCUT2D eigenvalue weighted by Crippen LogP contribution is 2.08. The van der Waals surface area contributed by atoms with Crippen LogP contribution >= 0.6 is 0 Å². The van der Waals surface area contributed by atoms with Gasteiger partial charge in [0.05, 0.1) is 6.54 Å². The van der Waals surface area contributed by atoms with Crippen LogP contribution in [0.2, 0.25) is 0 Å². The Morgan fingerprint density at radius 3 is 2.53 bits per heavy atom. The van der Waals surface area contributed by atoms with Gasteiger partial charge in [-0.3, -0.25) is 4.79 Å². The van der Waals surface area contributed by atoms with Crippen molar-refractivity contribution in [2.24, 2.45) is 0 Å². The van der Waals surface area contributed by atoms with Gasteiger partial charge < -0.3 is 9.30 Å². The zero-order valence-corrected chi connectivity index (χ0v) is 10.7. The molecule has 0 N–H and O–H groups in total. The number of carbonyl (C=O) groups excluding carboxylic acids is 2. The Balaban J connectivity index is 2.00. The smallest absolute Gasteiger partial charge is 0.355 e. The van der Waals surface area contributed by atoms with Crippen molar-refractivity contribution >= 4 is 11.8 Å². The molecular formula is C15H15NO3. The third-order valence-electron chi connectivity index (χ3n) is 2.64. The lowest BCUT2D eigenvalue weighted by atomic mass is 10.2. The third kappa shape index (κ3) is 3.55. The Morgan fingerprint density at radius 1 is 1.11 bits per heavy atom. The molecule has 0 aliphatic carbocycles. The molecule has 0 amide bonds. The van der Waals surface area contributed by atoms with Gasteiger partial charge in [-0.2, -0.15) is 0 Å². The molecule has 0 unspecified atom stereocenters. The molecule has 0 aliphatic rings. The van der Waals surface area contributed by atoms with Crippen LogP contribution in [0.15, 0.2) is 48.7 Å². The third-order valence-corrected chi connectivity index (χ3v) is 2.64. The molecule has 0 aliphatic heterocycles. The summed E-state index contributed by atoms with van der Waals surface area (Å²) in [6, 6.07) is 12.8. The van der Waals surface area contributed by atoms with Crippen LogP contribution in [0.25, 0.3) is 0 Å². The summed E-state index contributed by atoms with van der Waals surface area (Å²) in [5.74, 6) is -0.427. The molecule has 0 radical (unpaired) electrons. The van der Waals surface area contributed by atoms with Crippen molar-refractivity contribution in [3.8, 4) is 0 Å². The number of hydrogen-bond acceptors (Lipinski definition) is 3. The van der Waals surface area contributed by atoms with Crippen LogP contribution in [0.1, 0.15) is 23.0 Å². The molecule has 0 saturated heterocycles. The molecule has 0 spiro atoms. The predicted molar refractivity (Wildman–Crippen MR) is 70.7 cm³/mol. The molecule has 19 heavy (non-hydrogen) atoms. The van der Waals surface area contributed by atoms with Crippen molar-refractivity contribution < 1.29 is 14.3 Å². The lowest BCUT2D eigenvalue weighted by Gasteiger charge is -2.07. The van der Waals surface area contributed by atoms with E-state index in [9.17, 15) is 9.59 Å². The second-order valence-electron chi connectivity index (χ2n) is 4.29. The van der Waals surface area contributed by atoms with Gasteiger partial charge in [-0.1, -0.05) is 30.3 Å². The van der Waals surface area contributed by atoms with Crippen LogP contribution < -0.4 is 0 Å². The fraction of sp³-hybridized carbons (Fsp3) is 0.200. The van der Waals surface area contributed by atoms with Crippen LogP contribution in [0, 0.1) is 0 Å². The van der Waals surface area contributed by atoms with Gasteiger partial charge in [0.2, 0.25) is 0 Å². The second kappa shape index (κ2) is 6.00. The lowest BCUT2D eigenvalue weighted by Crippen LogP contribution is -2.14. The first-order valence-corrected chi connectivity index (χ1v) is 6.02. The first-order chi connectivity index (χ1) is 9.16. The number of ketones is 1. The van der Waals surface area contributed by atoms with E-state index in [1.807, 2.05) is 30.3 Å². The zero-order chi connectivity index (χ0) is 13.7. The molecule has 2 aromatic rings. The van der Waals surface area contributed by atoms with E-state index in [4.69, 9.17) is 4.74 Å². The molecule has 0 atom stereocenters. The molecule has 4 nitrogen and oxygen atoms in total. The maximum absolute atomic E-state index is 11.9. The van der Waals surface area contributed by atoms with Crippen LogP contribution in [-0.2, 0) is 22.7 Å². The monoisotopic (exact) mass is 257 g/mol. The molecule has 2 rings (SSSR count). The number of aromatic nitrogens is 1. The summed E-state index contributed by atoms with van der Waals surface area (Å²) in [6.07, 6.45) is 1.69. The van der Waals surface area contributed by atoms with Crippen molar-refractivity contribution in [3.63, 3.8) is 0 Å². The van der Waals surface area contributed by atoms with Gasteiger partial charge in [-0.25, -0.2) is 4.79 Å². The highest BCUT2D eigenvalue weighted by atomic mass is 16.5. The van der Waals surface area contributed by atoms with E-state index >= 15 is 0 Å². The van der Waals surface area contributed by atoms with Gasteiger partial charge in [0.15, 0.2) is 0 Å². The van der Waals surface area contributed by atoms with Crippen LogP contribution in [0.4, 0.5) is 0 Å². The average Bonchev–Trinajstić information content (AvgIpc) is 2.84. The van der Waals surface area contributed by atoms with Gasteiger partial charge in [0, 0.05) is 6.20 Å². The molecule has 1 heterocycles. The highest BCUT2D eigenvalue weighted by Gasteiger charge is 2.13. The number of ether oxygens (including phenoxy) is 1. The van der Waals surface area contributed by atoms with E-state index in [0.29, 0.717) is 5.69 Å². The van der Waals surface area contributed by atoms with Crippen molar-refractivity contribution in [1.82, 2.24) is 4.57 Å². The summed E-state index contributed by atoms with van der Waals surface area (Å²) < 4.78 is 6.82. The Hall–Kier alpha value is -2.36. The van der Waals surface area contributed by atoms with Gasteiger partial charge in [-0.15, -0.1) is 0 Å². The standard InChI is InChI=1S/C15H15NO3/c1-12(17)10-16-9-5-8-14(16)15(18)19-11-13-6-3-2-4-7-13/h2-9H,10-11H2,1H3. The first kappa shape index (κ1) is 13.1. The molecule has 0 bridgehead atoms. The first-order valence-electron chi connectivity index (χ1n) is 6.02. The lowest BCUT2D eigenvalue weighted by molar-refractivity contribution is -0.117. The van der Waals surface area contributed by atoms with Gasteiger partial charge >= 0.3 is 5.97 Å². The van der Waals surface area contributed by atoms with Crippen molar-refractivity contribution in [2.45, 2.75) is 20.1 Å². The number of nitrogens with zero attached hydrogens (tertiary/aromatic N) is 1. The molecule has 1 aromatic carbocycles. The van der Waals surface area contributed by atoms with E-state index in [2.05, 4.69) is 0 Å². The largest absolute Gasteiger partial charge is 0.456 e. The van der Waals surface area contributed by atoms with Crippen LogP contribution in [0.3, 0.4) is 0 Å². The fourth-order valence-corrected chi connectivity index (χ4v) is 1.77. The van der Waals surface area contributed by atoms with Gasteiger partial charge in [0.1, 0.15) is 18.1 Å². The average molecular weight is 257 g/mol. The number of rotatable bonds is 5. The zero-order valence-electron chi connectivity index (χ0n) is 10.7. The van der Waals surface area contributed by atoms with Crippen LogP contribution in [0.5, 0.6) is 0 Å². The summed E-state index contributed by atoms with van der Waals surface area (Å²) in [5.41, 5.74) is 1.33. The maximum atomic E-state index is 11.9. The van der Waals surface area contributed by atoms with E-state index in [1.54, 1.807) is 22.9 Å². The second-order valence-corrected chi connectivity index (χ2v) is 4.29. The SMILES string of the molecule is CC(=O)Cn1cccc1C(=O)OCc1ccccc1. The van der Waals surface area contributed by atoms with Gasteiger partial charge in [-0.05, 0) is 24.6 Å². The molecule has 98 valence electrons. The quantitative estimate of drug-likeness (QED) is 0.773. The molecule has 0 fully saturated rings. The number of Topliss-reactive ketones (excluding diaryl/α,β-unsaturated/α-hetero) is 1.